The Kier molecular flexibility index (Phi) is 4.98. The predicted octanol–water partition coefficient (Wildman–Crippen LogP) is 2.50. The fourth-order valence-electron chi connectivity index (χ4n) is 0.585. The first-order chi connectivity index (χ1) is 4.35. The molecule has 0 aliphatic heterocycles. The molecule has 0 saturated carbocycles. The molecule has 0 bridgehead atoms. The van der Waals surface area contributed by atoms with Crippen LogP contribution >= 0.6 is 0 Å². The van der Waals surface area contributed by atoms with Crippen LogP contribution in [-0.2, 0) is 4.74 Å². The molecule has 0 aliphatic carbocycles. The van der Waals surface area contributed by atoms with E-state index in [1.54, 1.807) is 7.11 Å². The van der Waals surface area contributed by atoms with E-state index >= 15 is 0 Å². The molecule has 0 amide bonds. The lowest BCUT2D eigenvalue weighted by Gasteiger charge is -1.96. The number of hydrogen-bond acceptors (Lipinski definition) is 1. The minimum absolute atomic E-state index is 0.944. The molecule has 0 N–H and O–H groups in total. The molecule has 0 aromatic carbocycles. The molecule has 0 rings (SSSR count). The summed E-state index contributed by atoms with van der Waals surface area (Å²) in [7, 11) is 1.68. The van der Waals surface area contributed by atoms with Gasteiger partial charge < -0.3 is 4.74 Å². The van der Waals surface area contributed by atoms with E-state index in [1.807, 2.05) is 25.2 Å². The van der Waals surface area contributed by atoms with Gasteiger partial charge in [-0.25, -0.2) is 0 Å². The maximum atomic E-state index is 5.01. The highest BCUT2D eigenvalue weighted by Crippen LogP contribution is 1.98. The smallest absolute Gasteiger partial charge is 0.114 e. The lowest BCUT2D eigenvalue weighted by molar-refractivity contribution is 0.305. The molecule has 0 spiro atoms. The fourth-order valence-corrected chi connectivity index (χ4v) is 0.585. The average molecular weight is 126 g/mol. The number of methoxy groups -OCH3 is 1. The predicted molar refractivity (Wildman–Crippen MR) is 40.2 cm³/mol. The van der Waals surface area contributed by atoms with Gasteiger partial charge in [-0.2, -0.15) is 0 Å². The first kappa shape index (κ1) is 8.28. The van der Waals surface area contributed by atoms with Crippen molar-refractivity contribution in [1.82, 2.24) is 0 Å². The van der Waals surface area contributed by atoms with Gasteiger partial charge >= 0.3 is 0 Å². The highest BCUT2D eigenvalue weighted by atomic mass is 16.5. The Labute approximate surface area is 57.0 Å². The van der Waals surface area contributed by atoms with Crippen molar-refractivity contribution in [3.8, 4) is 0 Å². The van der Waals surface area contributed by atoms with Gasteiger partial charge in [-0.15, -0.1) is 0 Å². The Morgan fingerprint density at radius 3 is 2.56 bits per heavy atom. The first-order valence-electron chi connectivity index (χ1n) is 3.22. The number of rotatable bonds is 3. The Morgan fingerprint density at radius 2 is 2.22 bits per heavy atom. The fraction of sp³-hybridized carbons (Fsp3) is 0.500. The van der Waals surface area contributed by atoms with Crippen molar-refractivity contribution in [2.75, 3.05) is 7.11 Å². The third-order valence-electron chi connectivity index (χ3n) is 0.972. The largest absolute Gasteiger partial charge is 0.497 e. The molecule has 0 saturated heterocycles. The Balaban J connectivity index is 3.81. The summed E-state index contributed by atoms with van der Waals surface area (Å²) in [5, 5.41) is 0. The minimum atomic E-state index is 0.944. The van der Waals surface area contributed by atoms with Gasteiger partial charge in [0.15, 0.2) is 0 Å². The molecular formula is C8H14O. The molecule has 0 aromatic heterocycles. The monoisotopic (exact) mass is 126 g/mol. The molecule has 9 heavy (non-hydrogen) atoms. The zero-order valence-corrected chi connectivity index (χ0v) is 6.35. The maximum absolute atomic E-state index is 5.01. The number of ether oxygens (including phenoxy) is 1. The molecule has 1 heteroatoms. The van der Waals surface area contributed by atoms with Gasteiger partial charge in [-0.3, -0.25) is 0 Å². The minimum Gasteiger partial charge on any atom is -0.497 e. The topological polar surface area (TPSA) is 9.23 Å². The van der Waals surface area contributed by atoms with Gasteiger partial charge in [0.2, 0.25) is 0 Å². The van der Waals surface area contributed by atoms with Gasteiger partial charge in [0.1, 0.15) is 5.76 Å². The van der Waals surface area contributed by atoms with Gasteiger partial charge in [-0.05, 0) is 25.5 Å². The highest BCUT2D eigenvalue weighted by molar-refractivity contribution is 5.10. The summed E-state index contributed by atoms with van der Waals surface area (Å²) < 4.78 is 5.01. The van der Waals surface area contributed by atoms with Crippen LogP contribution in [0.4, 0.5) is 0 Å². The van der Waals surface area contributed by atoms with Crippen molar-refractivity contribution in [2.24, 2.45) is 0 Å². The van der Waals surface area contributed by atoms with Crippen molar-refractivity contribution in [3.63, 3.8) is 0 Å². The summed E-state index contributed by atoms with van der Waals surface area (Å²) >= 11 is 0. The zero-order valence-electron chi connectivity index (χ0n) is 6.35. The lowest BCUT2D eigenvalue weighted by Crippen LogP contribution is -1.79. The summed E-state index contributed by atoms with van der Waals surface area (Å²) in [6.07, 6.45) is 6.97. The van der Waals surface area contributed by atoms with Crippen LogP contribution in [0.2, 0.25) is 0 Å². The standard InChI is InChI=1S/C8H14O/c1-4-6-8(9-3)7-5-2/h4,6-7H,5H2,1-3H3/b6-4-,8-7+. The number of hydrogen-bond donors (Lipinski definition) is 0. The summed E-state index contributed by atoms with van der Waals surface area (Å²) in [5.74, 6) is 0.944. The van der Waals surface area contributed by atoms with Crippen LogP contribution in [0.25, 0.3) is 0 Å². The molecular weight excluding hydrogens is 112 g/mol. The van der Waals surface area contributed by atoms with Crippen LogP contribution in [0, 0.1) is 0 Å². The molecule has 0 fully saturated rings. The van der Waals surface area contributed by atoms with Crippen molar-refractivity contribution in [2.45, 2.75) is 20.3 Å². The van der Waals surface area contributed by atoms with Crippen molar-refractivity contribution >= 4 is 0 Å². The van der Waals surface area contributed by atoms with Crippen LogP contribution in [0.3, 0.4) is 0 Å². The van der Waals surface area contributed by atoms with Gasteiger partial charge in [0.05, 0.1) is 7.11 Å². The third kappa shape index (κ3) is 3.83. The maximum Gasteiger partial charge on any atom is 0.114 e. The quantitative estimate of drug-likeness (QED) is 0.417. The number of allylic oxidation sites excluding steroid dienone is 3. The summed E-state index contributed by atoms with van der Waals surface area (Å²) in [6.45, 7) is 4.06. The molecule has 0 aromatic rings. The van der Waals surface area contributed by atoms with Crippen LogP contribution in [0.5, 0.6) is 0 Å². The molecule has 52 valence electrons. The zero-order chi connectivity index (χ0) is 7.11. The van der Waals surface area contributed by atoms with Gasteiger partial charge in [-0.1, -0.05) is 13.0 Å². The van der Waals surface area contributed by atoms with E-state index in [-0.39, 0.29) is 0 Å². The second-order valence-corrected chi connectivity index (χ2v) is 1.72. The first-order valence-corrected chi connectivity index (χ1v) is 3.22. The molecule has 1 nitrogen and oxygen atoms in total. The van der Waals surface area contributed by atoms with Gasteiger partial charge in [0, 0.05) is 0 Å². The molecule has 0 aliphatic rings. The molecule has 0 unspecified atom stereocenters. The van der Waals surface area contributed by atoms with Crippen LogP contribution < -0.4 is 0 Å². The van der Waals surface area contributed by atoms with Crippen LogP contribution in [-0.4, -0.2) is 7.11 Å². The normalized spacial score (nSPS) is 12.6. The summed E-state index contributed by atoms with van der Waals surface area (Å²) in [4.78, 5) is 0. The molecule has 0 radical (unpaired) electrons. The highest BCUT2D eigenvalue weighted by Gasteiger charge is 1.82. The Hall–Kier alpha value is -0.720. The molecule has 0 heterocycles. The SMILES string of the molecule is C/C=C\C(=C/CC)OC. The van der Waals surface area contributed by atoms with Gasteiger partial charge in [0.25, 0.3) is 0 Å². The van der Waals surface area contributed by atoms with E-state index in [0.29, 0.717) is 0 Å². The second kappa shape index (κ2) is 5.42. The van der Waals surface area contributed by atoms with E-state index in [1.165, 1.54) is 0 Å². The van der Waals surface area contributed by atoms with Crippen LogP contribution in [0.15, 0.2) is 24.0 Å². The Bertz CT molecular complexity index is 112. The third-order valence-corrected chi connectivity index (χ3v) is 0.972. The Morgan fingerprint density at radius 1 is 1.56 bits per heavy atom. The van der Waals surface area contributed by atoms with Crippen LogP contribution in [0.1, 0.15) is 20.3 Å². The van der Waals surface area contributed by atoms with E-state index in [4.69, 9.17) is 4.74 Å². The second-order valence-electron chi connectivity index (χ2n) is 1.72. The van der Waals surface area contributed by atoms with Crippen molar-refractivity contribution < 1.29 is 4.74 Å². The van der Waals surface area contributed by atoms with Crippen molar-refractivity contribution in [1.29, 1.82) is 0 Å². The van der Waals surface area contributed by atoms with E-state index in [9.17, 15) is 0 Å². The van der Waals surface area contributed by atoms with E-state index in [2.05, 4.69) is 6.92 Å². The average Bonchev–Trinajstić information content (AvgIpc) is 1.88. The van der Waals surface area contributed by atoms with E-state index < -0.39 is 0 Å². The van der Waals surface area contributed by atoms with E-state index in [0.717, 1.165) is 12.2 Å². The van der Waals surface area contributed by atoms with Crippen molar-refractivity contribution in [3.05, 3.63) is 24.0 Å². The molecule has 0 atom stereocenters. The summed E-state index contributed by atoms with van der Waals surface area (Å²) in [6, 6.07) is 0. The summed E-state index contributed by atoms with van der Waals surface area (Å²) in [5.41, 5.74) is 0. The lowest BCUT2D eigenvalue weighted by atomic mass is 10.3.